The summed E-state index contributed by atoms with van der Waals surface area (Å²) < 4.78 is 0. The number of nitrogens with one attached hydrogen (secondary N) is 1. The smallest absolute Gasteiger partial charge is 0.211 e. The van der Waals surface area contributed by atoms with Crippen molar-refractivity contribution in [2.24, 2.45) is 5.73 Å². The maximum Gasteiger partial charge on any atom is 0.211 e. The molecular formula is C11H11N2S+. The van der Waals surface area contributed by atoms with E-state index in [-0.39, 0.29) is 0 Å². The minimum absolute atomic E-state index is 0.439. The Hall–Kier alpha value is -1.48. The summed E-state index contributed by atoms with van der Waals surface area (Å²) in [6.45, 7) is 2.03. The van der Waals surface area contributed by atoms with Crippen molar-refractivity contribution >= 4 is 28.1 Å². The van der Waals surface area contributed by atoms with E-state index in [1.54, 1.807) is 0 Å². The minimum atomic E-state index is 0.439. The number of rotatable bonds is 1. The number of aromatic amines is 1. The van der Waals surface area contributed by atoms with Gasteiger partial charge in [0.15, 0.2) is 6.20 Å². The number of nitrogens with two attached hydrogens (primary N) is 1. The van der Waals surface area contributed by atoms with Gasteiger partial charge >= 0.3 is 0 Å². The second-order valence-corrected chi connectivity index (χ2v) is 3.75. The van der Waals surface area contributed by atoms with Crippen LogP contribution in [0.5, 0.6) is 0 Å². The van der Waals surface area contributed by atoms with E-state index in [0.717, 1.165) is 16.5 Å². The molecule has 3 heteroatoms. The molecule has 2 aromatic rings. The van der Waals surface area contributed by atoms with Crippen LogP contribution < -0.4 is 10.7 Å². The van der Waals surface area contributed by atoms with Gasteiger partial charge in [-0.2, -0.15) is 0 Å². The van der Waals surface area contributed by atoms with Gasteiger partial charge < -0.3 is 5.73 Å². The lowest BCUT2D eigenvalue weighted by Crippen LogP contribution is -2.12. The van der Waals surface area contributed by atoms with Crippen molar-refractivity contribution in [2.45, 2.75) is 6.92 Å². The van der Waals surface area contributed by atoms with Gasteiger partial charge in [0.05, 0.1) is 5.39 Å². The highest BCUT2D eigenvalue weighted by atomic mass is 32.1. The SMILES string of the molecule is Cc1c[nH+]c2cccc(C(N)=S)c2c1. The summed E-state index contributed by atoms with van der Waals surface area (Å²) in [6, 6.07) is 7.98. The van der Waals surface area contributed by atoms with Crippen LogP contribution in [0, 0.1) is 6.92 Å². The summed E-state index contributed by atoms with van der Waals surface area (Å²) in [5, 5.41) is 1.08. The Morgan fingerprint density at radius 3 is 2.93 bits per heavy atom. The molecule has 0 amide bonds. The van der Waals surface area contributed by atoms with Crippen LogP contribution in [0.3, 0.4) is 0 Å². The van der Waals surface area contributed by atoms with E-state index in [0.29, 0.717) is 4.99 Å². The van der Waals surface area contributed by atoms with Crippen LogP contribution in [0.2, 0.25) is 0 Å². The number of H-pyrrole nitrogens is 1. The van der Waals surface area contributed by atoms with E-state index in [2.05, 4.69) is 11.1 Å². The van der Waals surface area contributed by atoms with Crippen LogP contribution in [0.4, 0.5) is 0 Å². The molecule has 0 bridgehead atoms. The second-order valence-electron chi connectivity index (χ2n) is 3.31. The van der Waals surface area contributed by atoms with Gasteiger partial charge in [0.25, 0.3) is 0 Å². The van der Waals surface area contributed by atoms with Crippen molar-refractivity contribution in [3.63, 3.8) is 0 Å². The van der Waals surface area contributed by atoms with Crippen molar-refractivity contribution in [3.8, 4) is 0 Å². The molecule has 0 saturated carbocycles. The van der Waals surface area contributed by atoms with E-state index < -0.39 is 0 Å². The van der Waals surface area contributed by atoms with Gasteiger partial charge in [-0.15, -0.1) is 0 Å². The lowest BCUT2D eigenvalue weighted by Gasteiger charge is -2.00. The summed E-state index contributed by atoms with van der Waals surface area (Å²) >= 11 is 5.00. The summed E-state index contributed by atoms with van der Waals surface area (Å²) in [5.74, 6) is 0. The van der Waals surface area contributed by atoms with E-state index >= 15 is 0 Å². The van der Waals surface area contributed by atoms with Crippen LogP contribution in [-0.4, -0.2) is 4.99 Å². The molecule has 0 fully saturated rings. The first-order valence-electron chi connectivity index (χ1n) is 4.39. The molecule has 0 radical (unpaired) electrons. The second kappa shape index (κ2) is 3.35. The fourth-order valence-electron chi connectivity index (χ4n) is 1.52. The maximum atomic E-state index is 5.65. The molecule has 1 aromatic heterocycles. The number of fused-ring (bicyclic) bond motifs is 1. The van der Waals surface area contributed by atoms with Crippen LogP contribution in [-0.2, 0) is 0 Å². The average Bonchev–Trinajstić information content (AvgIpc) is 2.16. The van der Waals surface area contributed by atoms with Gasteiger partial charge in [-0.1, -0.05) is 24.4 Å². The fraction of sp³-hybridized carbons (Fsp3) is 0.0909. The van der Waals surface area contributed by atoms with Gasteiger partial charge in [0.1, 0.15) is 4.99 Å². The van der Waals surface area contributed by atoms with Crippen LogP contribution in [0.1, 0.15) is 11.1 Å². The van der Waals surface area contributed by atoms with Crippen molar-refractivity contribution in [2.75, 3.05) is 0 Å². The molecule has 0 aliphatic carbocycles. The molecule has 14 heavy (non-hydrogen) atoms. The molecule has 1 aromatic carbocycles. The zero-order valence-corrected chi connectivity index (χ0v) is 8.69. The third-order valence-corrected chi connectivity index (χ3v) is 2.42. The molecular weight excluding hydrogens is 192 g/mol. The highest BCUT2D eigenvalue weighted by Crippen LogP contribution is 2.15. The predicted octanol–water partition coefficient (Wildman–Crippen LogP) is 1.60. The van der Waals surface area contributed by atoms with Gasteiger partial charge in [-0.3, -0.25) is 0 Å². The third-order valence-electron chi connectivity index (χ3n) is 2.20. The number of aryl methyl sites for hydroxylation is 1. The van der Waals surface area contributed by atoms with Crippen LogP contribution in [0.15, 0.2) is 30.5 Å². The highest BCUT2D eigenvalue weighted by Gasteiger charge is 2.07. The molecule has 70 valence electrons. The van der Waals surface area contributed by atoms with E-state index in [1.807, 2.05) is 31.3 Å². The number of benzene rings is 1. The van der Waals surface area contributed by atoms with Gasteiger partial charge in [-0.25, -0.2) is 4.98 Å². The number of pyridine rings is 1. The first-order valence-corrected chi connectivity index (χ1v) is 4.80. The Bertz CT molecular complexity index is 506. The minimum Gasteiger partial charge on any atom is -0.389 e. The molecule has 0 aliphatic heterocycles. The Balaban J connectivity index is 2.84. The van der Waals surface area contributed by atoms with Crippen molar-refractivity contribution < 1.29 is 4.98 Å². The Morgan fingerprint density at radius 2 is 2.21 bits per heavy atom. The molecule has 2 rings (SSSR count). The van der Waals surface area contributed by atoms with Crippen molar-refractivity contribution in [1.82, 2.24) is 0 Å². The summed E-state index contributed by atoms with van der Waals surface area (Å²) in [5.41, 5.74) is 8.80. The molecule has 3 N–H and O–H groups in total. The quantitative estimate of drug-likeness (QED) is 0.715. The number of hydrogen-bond acceptors (Lipinski definition) is 1. The molecule has 2 nitrogen and oxygen atoms in total. The van der Waals surface area contributed by atoms with E-state index in [1.165, 1.54) is 5.56 Å². The summed E-state index contributed by atoms with van der Waals surface area (Å²) in [7, 11) is 0. The molecule has 0 unspecified atom stereocenters. The number of aromatic nitrogens is 1. The molecule has 1 heterocycles. The first-order chi connectivity index (χ1) is 6.68. The largest absolute Gasteiger partial charge is 0.389 e. The lowest BCUT2D eigenvalue weighted by molar-refractivity contribution is -0.345. The van der Waals surface area contributed by atoms with Gasteiger partial charge in [0, 0.05) is 17.2 Å². The monoisotopic (exact) mass is 203 g/mol. The predicted molar refractivity (Wildman–Crippen MR) is 61.1 cm³/mol. The fourth-order valence-corrected chi connectivity index (χ4v) is 1.70. The molecule has 0 spiro atoms. The number of thiocarbonyl (C=S) groups is 1. The average molecular weight is 203 g/mol. The van der Waals surface area contributed by atoms with Crippen molar-refractivity contribution in [3.05, 3.63) is 41.6 Å². The van der Waals surface area contributed by atoms with Crippen LogP contribution in [0.25, 0.3) is 10.9 Å². The summed E-state index contributed by atoms with van der Waals surface area (Å²) in [6.07, 6.45) is 1.96. The Labute approximate surface area is 87.8 Å². The van der Waals surface area contributed by atoms with Crippen molar-refractivity contribution in [1.29, 1.82) is 0 Å². The molecule has 0 aliphatic rings. The Kier molecular flexibility index (Phi) is 2.17. The third kappa shape index (κ3) is 1.46. The topological polar surface area (TPSA) is 40.2 Å². The van der Waals surface area contributed by atoms with Crippen LogP contribution >= 0.6 is 12.2 Å². The number of hydrogen-bond donors (Lipinski definition) is 1. The summed E-state index contributed by atoms with van der Waals surface area (Å²) in [4.78, 5) is 3.64. The first kappa shape index (κ1) is 9.09. The standard InChI is InChI=1S/C11H10N2S/c1-7-5-9-8(11(12)14)3-2-4-10(9)13-6-7/h2-6H,1H3,(H2,12,14)/p+1. The Morgan fingerprint density at radius 1 is 1.43 bits per heavy atom. The van der Waals surface area contributed by atoms with Gasteiger partial charge in [-0.05, 0) is 13.0 Å². The lowest BCUT2D eigenvalue weighted by atomic mass is 10.1. The van der Waals surface area contributed by atoms with Gasteiger partial charge in [0.2, 0.25) is 5.52 Å². The zero-order valence-electron chi connectivity index (χ0n) is 7.87. The maximum absolute atomic E-state index is 5.65. The van der Waals surface area contributed by atoms with E-state index in [4.69, 9.17) is 18.0 Å². The normalized spacial score (nSPS) is 10.4. The zero-order chi connectivity index (χ0) is 10.1. The highest BCUT2D eigenvalue weighted by molar-refractivity contribution is 7.80. The molecule has 0 atom stereocenters. The van der Waals surface area contributed by atoms with E-state index in [9.17, 15) is 0 Å². The molecule has 0 saturated heterocycles.